The monoisotopic (exact) mass is 578 g/mol. The predicted molar refractivity (Wildman–Crippen MR) is 157 cm³/mol. The zero-order valence-electron chi connectivity index (χ0n) is 23.3. The molecule has 0 fully saturated rings. The van der Waals surface area contributed by atoms with Gasteiger partial charge < -0.3 is 9.47 Å². The van der Waals surface area contributed by atoms with Crippen LogP contribution in [0.1, 0.15) is 38.8 Å². The van der Waals surface area contributed by atoms with Gasteiger partial charge in [0.2, 0.25) is 5.12 Å². The first-order chi connectivity index (χ1) is 20.3. The Morgan fingerprint density at radius 2 is 1.52 bits per heavy atom. The normalized spacial score (nSPS) is 19.4. The summed E-state index contributed by atoms with van der Waals surface area (Å²) in [6, 6.07) is 20.2. The number of methoxy groups -OCH3 is 2. The highest BCUT2D eigenvalue weighted by Gasteiger charge is 2.68. The van der Waals surface area contributed by atoms with E-state index in [0.717, 1.165) is 28.3 Å². The van der Waals surface area contributed by atoms with Crippen LogP contribution in [0.5, 0.6) is 0 Å². The molecule has 42 heavy (non-hydrogen) atoms. The van der Waals surface area contributed by atoms with Gasteiger partial charge in [-0.1, -0.05) is 54.6 Å². The maximum Gasteiger partial charge on any atom is 0.355 e. The van der Waals surface area contributed by atoms with Gasteiger partial charge >= 0.3 is 11.9 Å². The summed E-state index contributed by atoms with van der Waals surface area (Å²) >= 11 is 0.996. The minimum atomic E-state index is -1.83. The van der Waals surface area contributed by atoms with Crippen molar-refractivity contribution in [1.82, 2.24) is 9.88 Å². The number of pyridine rings is 1. The number of aromatic nitrogens is 1. The predicted octanol–water partition coefficient (Wildman–Crippen LogP) is 5.22. The van der Waals surface area contributed by atoms with E-state index < -0.39 is 34.4 Å². The topological polar surface area (TPSA) is 103 Å². The number of hydrogen-bond acceptors (Lipinski definition) is 8. The fourth-order valence-corrected chi connectivity index (χ4v) is 7.52. The van der Waals surface area contributed by atoms with E-state index in [-0.39, 0.29) is 16.8 Å². The van der Waals surface area contributed by atoms with Gasteiger partial charge in [0, 0.05) is 22.0 Å². The Labute approximate surface area is 246 Å². The van der Waals surface area contributed by atoms with Crippen molar-refractivity contribution >= 4 is 45.5 Å². The van der Waals surface area contributed by atoms with Gasteiger partial charge in [0.05, 0.1) is 25.5 Å². The molecule has 2 aliphatic heterocycles. The van der Waals surface area contributed by atoms with E-state index in [1.54, 1.807) is 36.5 Å². The number of fused-ring (bicyclic) bond motifs is 3. The van der Waals surface area contributed by atoms with Crippen molar-refractivity contribution in [2.24, 2.45) is 0 Å². The first-order valence-corrected chi connectivity index (χ1v) is 14.1. The lowest BCUT2D eigenvalue weighted by Crippen LogP contribution is -2.45. The first kappa shape index (κ1) is 27.4. The third-order valence-corrected chi connectivity index (χ3v) is 9.22. The SMILES string of the molecule is COC(=O)C1=C(C(=O)OC)C2(C(=O)Sc3c(C)ccc(C)c32)C(c2nccc3ccccc23)N1C(=O)c1ccccc1. The van der Waals surface area contributed by atoms with Gasteiger partial charge in [0.25, 0.3) is 5.91 Å². The number of rotatable bonds is 4. The van der Waals surface area contributed by atoms with E-state index in [1.807, 2.05) is 56.3 Å². The quantitative estimate of drug-likeness (QED) is 0.304. The fourth-order valence-electron chi connectivity index (χ4n) is 6.21. The van der Waals surface area contributed by atoms with Gasteiger partial charge in [-0.25, -0.2) is 9.59 Å². The molecule has 8 nitrogen and oxygen atoms in total. The van der Waals surface area contributed by atoms with E-state index in [2.05, 4.69) is 0 Å². The van der Waals surface area contributed by atoms with E-state index in [1.165, 1.54) is 19.1 Å². The van der Waals surface area contributed by atoms with Crippen molar-refractivity contribution in [2.75, 3.05) is 14.2 Å². The summed E-state index contributed by atoms with van der Waals surface area (Å²) in [4.78, 5) is 63.5. The molecule has 0 radical (unpaired) electrons. The number of amides is 1. The lowest BCUT2D eigenvalue weighted by atomic mass is 9.68. The maximum atomic E-state index is 14.7. The highest BCUT2D eigenvalue weighted by molar-refractivity contribution is 8.14. The van der Waals surface area contributed by atoms with Gasteiger partial charge in [-0.3, -0.25) is 19.5 Å². The molecule has 3 heterocycles. The number of benzene rings is 3. The highest BCUT2D eigenvalue weighted by Crippen LogP contribution is 2.64. The minimum Gasteiger partial charge on any atom is -0.466 e. The van der Waals surface area contributed by atoms with Crippen molar-refractivity contribution in [3.05, 3.63) is 118 Å². The fraction of sp³-hybridized carbons (Fsp3) is 0.182. The number of carbonyl (C=O) groups is 4. The van der Waals surface area contributed by atoms with Gasteiger partial charge in [-0.2, -0.15) is 0 Å². The van der Waals surface area contributed by atoms with Gasteiger partial charge in [-0.15, -0.1) is 0 Å². The summed E-state index contributed by atoms with van der Waals surface area (Å²) in [5, 5.41) is 1.07. The van der Waals surface area contributed by atoms with Crippen LogP contribution in [0.2, 0.25) is 0 Å². The number of carbonyl (C=O) groups excluding carboxylic acids is 4. The molecule has 0 N–H and O–H groups in total. The van der Waals surface area contributed by atoms with Crippen molar-refractivity contribution in [3.63, 3.8) is 0 Å². The van der Waals surface area contributed by atoms with Gasteiger partial charge in [0.15, 0.2) is 0 Å². The van der Waals surface area contributed by atoms with Crippen molar-refractivity contribution < 1.29 is 28.7 Å². The number of nitrogens with zero attached hydrogens (tertiary/aromatic N) is 2. The summed E-state index contributed by atoms with van der Waals surface area (Å²) in [5.74, 6) is -2.45. The molecule has 2 unspecified atom stereocenters. The number of ether oxygens (including phenoxy) is 2. The van der Waals surface area contributed by atoms with E-state index in [4.69, 9.17) is 14.5 Å². The third-order valence-electron chi connectivity index (χ3n) is 7.99. The Bertz CT molecular complexity index is 1850. The van der Waals surface area contributed by atoms with Crippen LogP contribution >= 0.6 is 11.8 Å². The number of esters is 2. The molecule has 6 rings (SSSR count). The number of thioether (sulfide) groups is 1. The summed E-state index contributed by atoms with van der Waals surface area (Å²) < 4.78 is 10.5. The van der Waals surface area contributed by atoms with Crippen LogP contribution < -0.4 is 0 Å². The third kappa shape index (κ3) is 3.73. The van der Waals surface area contributed by atoms with Crippen LogP contribution in [0.4, 0.5) is 0 Å². The molecule has 3 aromatic carbocycles. The largest absolute Gasteiger partial charge is 0.466 e. The van der Waals surface area contributed by atoms with Crippen molar-refractivity contribution in [3.8, 4) is 0 Å². The molecule has 0 saturated heterocycles. The summed E-state index contributed by atoms with van der Waals surface area (Å²) in [7, 11) is 2.35. The lowest BCUT2D eigenvalue weighted by molar-refractivity contribution is -0.140. The van der Waals surface area contributed by atoms with Crippen LogP contribution in [-0.4, -0.2) is 47.1 Å². The maximum absolute atomic E-state index is 14.7. The van der Waals surface area contributed by atoms with Gasteiger partial charge in [0.1, 0.15) is 17.2 Å². The van der Waals surface area contributed by atoms with Crippen LogP contribution in [0, 0.1) is 13.8 Å². The van der Waals surface area contributed by atoms with Crippen molar-refractivity contribution in [2.45, 2.75) is 30.2 Å². The average molecular weight is 579 g/mol. The molecule has 2 atom stereocenters. The van der Waals surface area contributed by atoms with Crippen LogP contribution in [0.15, 0.2) is 95.2 Å². The van der Waals surface area contributed by atoms with Crippen LogP contribution in [0.25, 0.3) is 10.8 Å². The van der Waals surface area contributed by atoms with Gasteiger partial charge in [-0.05, 0) is 65.9 Å². The van der Waals surface area contributed by atoms with Crippen LogP contribution in [-0.2, 0) is 29.3 Å². The smallest absolute Gasteiger partial charge is 0.355 e. The zero-order valence-corrected chi connectivity index (χ0v) is 24.2. The first-order valence-electron chi connectivity index (χ1n) is 13.2. The second-order valence-electron chi connectivity index (χ2n) is 10.2. The molecule has 4 aromatic rings. The Hall–Kier alpha value is -4.76. The Kier molecular flexibility index (Phi) is 6.69. The molecular formula is C33H26N2O6S. The lowest BCUT2D eigenvalue weighted by Gasteiger charge is -2.37. The van der Waals surface area contributed by atoms with E-state index >= 15 is 0 Å². The summed E-state index contributed by atoms with van der Waals surface area (Å²) in [6.45, 7) is 3.73. The molecule has 0 bridgehead atoms. The Balaban J connectivity index is 1.83. The van der Waals surface area contributed by atoms with Crippen LogP contribution in [0.3, 0.4) is 0 Å². The van der Waals surface area contributed by atoms with E-state index in [0.29, 0.717) is 21.5 Å². The second-order valence-corrected chi connectivity index (χ2v) is 11.2. The number of hydrogen-bond donors (Lipinski definition) is 0. The van der Waals surface area contributed by atoms with E-state index in [9.17, 15) is 19.2 Å². The molecule has 210 valence electrons. The molecule has 2 aliphatic rings. The minimum absolute atomic E-state index is 0.245. The highest BCUT2D eigenvalue weighted by atomic mass is 32.2. The zero-order chi connectivity index (χ0) is 29.8. The summed E-state index contributed by atoms with van der Waals surface area (Å²) in [5.41, 5.74) is 0.291. The molecule has 0 saturated carbocycles. The molecule has 9 heteroatoms. The molecule has 0 aliphatic carbocycles. The number of aryl methyl sites for hydroxylation is 2. The molecule has 1 aromatic heterocycles. The molecular weight excluding hydrogens is 552 g/mol. The Morgan fingerprint density at radius 3 is 2.24 bits per heavy atom. The standard InChI is InChI=1S/C33H26N2O6S/c1-18-14-15-19(2)27-23(18)33(32(39)42-27)24(30(37)40-3)26(31(38)41-4)35(29(36)21-11-6-5-7-12-21)28(33)25-22-13-9-8-10-20(22)16-17-34-25/h5-17,28H,1-4H3. The molecule has 1 amide bonds. The molecule has 1 spiro atoms. The summed E-state index contributed by atoms with van der Waals surface area (Å²) in [6.07, 6.45) is 1.60. The average Bonchev–Trinajstić information content (AvgIpc) is 3.51. The van der Waals surface area contributed by atoms with Crippen molar-refractivity contribution in [1.29, 1.82) is 0 Å². The second kappa shape index (κ2) is 10.3. The Morgan fingerprint density at radius 1 is 0.857 bits per heavy atom.